The van der Waals surface area contributed by atoms with Gasteiger partial charge in [-0.1, -0.05) is 36.8 Å². The first-order valence-electron chi connectivity index (χ1n) is 11.9. The highest BCUT2D eigenvalue weighted by Crippen LogP contribution is 2.38. The fraction of sp³-hybridized carbons (Fsp3) is 0.440. The number of nitrogens with zero attached hydrogens (tertiary/aromatic N) is 8. The Bertz CT molecular complexity index is 1270. The minimum absolute atomic E-state index is 0.605. The van der Waals surface area contributed by atoms with Gasteiger partial charge in [0.1, 0.15) is 17.8 Å². The number of likely N-dealkylation sites (tertiary alicyclic amines) is 1. The number of anilines is 1. The van der Waals surface area contributed by atoms with Crippen molar-refractivity contribution < 1.29 is 0 Å². The molecule has 2 aliphatic rings. The number of hydrogen-bond donors (Lipinski definition) is 0. The molecule has 6 rings (SSSR count). The van der Waals surface area contributed by atoms with Crippen LogP contribution in [0.5, 0.6) is 0 Å². The van der Waals surface area contributed by atoms with Crippen LogP contribution >= 0.6 is 0 Å². The van der Waals surface area contributed by atoms with Gasteiger partial charge >= 0.3 is 0 Å². The minimum Gasteiger partial charge on any atom is -0.354 e. The fourth-order valence-corrected chi connectivity index (χ4v) is 5.57. The average Bonchev–Trinajstić information content (AvgIpc) is 3.58. The second kappa shape index (κ2) is 8.26. The summed E-state index contributed by atoms with van der Waals surface area (Å²) in [6, 6.07) is 11.0. The molecule has 0 amide bonds. The van der Waals surface area contributed by atoms with E-state index in [2.05, 4.69) is 44.1 Å². The SMILES string of the molecule is Cn1ncc(-c2nn(C)c3ncnc(N4CCC(N5CCCCC5)C4)c23)c1-c1ccccc1. The van der Waals surface area contributed by atoms with Crippen molar-refractivity contribution in [2.45, 2.75) is 31.7 Å². The van der Waals surface area contributed by atoms with Gasteiger partial charge in [0.05, 0.1) is 17.3 Å². The molecule has 2 saturated heterocycles. The molecule has 8 nitrogen and oxygen atoms in total. The molecule has 0 saturated carbocycles. The summed E-state index contributed by atoms with van der Waals surface area (Å²) in [5.74, 6) is 0.991. The topological polar surface area (TPSA) is 67.9 Å². The maximum Gasteiger partial charge on any atom is 0.163 e. The Balaban J connectivity index is 1.44. The van der Waals surface area contributed by atoms with Gasteiger partial charge in [0.25, 0.3) is 0 Å². The van der Waals surface area contributed by atoms with Gasteiger partial charge in [-0.25, -0.2) is 14.6 Å². The van der Waals surface area contributed by atoms with Crippen molar-refractivity contribution in [3.8, 4) is 22.5 Å². The van der Waals surface area contributed by atoms with Gasteiger partial charge < -0.3 is 4.90 Å². The molecular weight excluding hydrogens is 412 g/mol. The Morgan fingerprint density at radius 3 is 2.55 bits per heavy atom. The molecule has 1 aromatic carbocycles. The molecule has 2 aliphatic heterocycles. The first-order chi connectivity index (χ1) is 16.2. The first kappa shape index (κ1) is 20.4. The van der Waals surface area contributed by atoms with E-state index in [0.29, 0.717) is 6.04 Å². The molecule has 0 spiro atoms. The number of benzene rings is 1. The maximum atomic E-state index is 4.92. The summed E-state index contributed by atoms with van der Waals surface area (Å²) in [7, 11) is 3.94. The zero-order valence-electron chi connectivity index (χ0n) is 19.4. The lowest BCUT2D eigenvalue weighted by atomic mass is 10.0. The molecule has 1 unspecified atom stereocenters. The molecule has 0 N–H and O–H groups in total. The van der Waals surface area contributed by atoms with Gasteiger partial charge in [-0.15, -0.1) is 0 Å². The van der Waals surface area contributed by atoms with Crippen molar-refractivity contribution in [2.75, 3.05) is 31.1 Å². The molecule has 2 fully saturated rings. The van der Waals surface area contributed by atoms with Crippen LogP contribution in [0.4, 0.5) is 5.82 Å². The molecule has 3 aromatic heterocycles. The van der Waals surface area contributed by atoms with E-state index in [1.165, 1.54) is 38.8 Å². The van der Waals surface area contributed by atoms with E-state index in [4.69, 9.17) is 10.1 Å². The first-order valence-corrected chi connectivity index (χ1v) is 11.9. The third-order valence-corrected chi connectivity index (χ3v) is 7.21. The molecule has 0 aliphatic carbocycles. The van der Waals surface area contributed by atoms with Crippen molar-refractivity contribution in [3.05, 3.63) is 42.9 Å². The van der Waals surface area contributed by atoms with E-state index in [-0.39, 0.29) is 0 Å². The Kier molecular flexibility index (Phi) is 5.10. The average molecular weight is 443 g/mol. The predicted octanol–water partition coefficient (Wildman–Crippen LogP) is 3.50. The van der Waals surface area contributed by atoms with Crippen LogP contribution in [0.1, 0.15) is 25.7 Å². The van der Waals surface area contributed by atoms with Crippen LogP contribution in [0.2, 0.25) is 0 Å². The molecule has 170 valence electrons. The largest absolute Gasteiger partial charge is 0.354 e. The van der Waals surface area contributed by atoms with Crippen LogP contribution in [0.3, 0.4) is 0 Å². The summed E-state index contributed by atoms with van der Waals surface area (Å²) >= 11 is 0. The van der Waals surface area contributed by atoms with Crippen LogP contribution < -0.4 is 4.90 Å². The summed E-state index contributed by atoms with van der Waals surface area (Å²) in [6.07, 6.45) is 8.80. The highest BCUT2D eigenvalue weighted by Gasteiger charge is 2.32. The highest BCUT2D eigenvalue weighted by molar-refractivity contribution is 6.01. The minimum atomic E-state index is 0.605. The van der Waals surface area contributed by atoms with E-state index in [1.807, 2.05) is 35.7 Å². The van der Waals surface area contributed by atoms with E-state index in [9.17, 15) is 0 Å². The van der Waals surface area contributed by atoms with Crippen molar-refractivity contribution >= 4 is 16.9 Å². The molecule has 1 atom stereocenters. The molecule has 33 heavy (non-hydrogen) atoms. The summed E-state index contributed by atoms with van der Waals surface area (Å²) in [5, 5.41) is 10.5. The number of aromatic nitrogens is 6. The number of aryl methyl sites for hydroxylation is 2. The van der Waals surface area contributed by atoms with E-state index < -0.39 is 0 Å². The highest BCUT2D eigenvalue weighted by atomic mass is 15.3. The van der Waals surface area contributed by atoms with Crippen molar-refractivity contribution in [1.82, 2.24) is 34.4 Å². The third-order valence-electron chi connectivity index (χ3n) is 7.21. The molecular formula is C25H30N8. The van der Waals surface area contributed by atoms with E-state index in [1.54, 1.807) is 6.33 Å². The maximum absolute atomic E-state index is 4.92. The molecule has 0 bridgehead atoms. The molecule has 8 heteroatoms. The van der Waals surface area contributed by atoms with E-state index in [0.717, 1.165) is 52.5 Å². The normalized spacial score (nSPS) is 19.6. The number of hydrogen-bond acceptors (Lipinski definition) is 6. The molecule has 5 heterocycles. The zero-order chi connectivity index (χ0) is 22.4. The van der Waals surface area contributed by atoms with Gasteiger partial charge in [-0.05, 0) is 32.4 Å². The third kappa shape index (κ3) is 3.49. The Labute approximate surface area is 193 Å². The summed E-state index contributed by atoms with van der Waals surface area (Å²) in [6.45, 7) is 4.48. The number of piperidine rings is 1. The molecule has 0 radical (unpaired) electrons. The Morgan fingerprint density at radius 1 is 0.909 bits per heavy atom. The van der Waals surface area contributed by atoms with Crippen molar-refractivity contribution in [3.63, 3.8) is 0 Å². The van der Waals surface area contributed by atoms with Crippen molar-refractivity contribution in [2.24, 2.45) is 14.1 Å². The van der Waals surface area contributed by atoms with Gasteiger partial charge in [0, 0.05) is 44.4 Å². The Morgan fingerprint density at radius 2 is 1.73 bits per heavy atom. The van der Waals surface area contributed by atoms with Gasteiger partial charge in [0.2, 0.25) is 0 Å². The Hall–Kier alpha value is -3.26. The smallest absolute Gasteiger partial charge is 0.163 e. The lowest BCUT2D eigenvalue weighted by Gasteiger charge is -2.32. The van der Waals surface area contributed by atoms with Crippen LogP contribution in [0.25, 0.3) is 33.5 Å². The second-order valence-electron chi connectivity index (χ2n) is 9.25. The van der Waals surface area contributed by atoms with Gasteiger partial charge in [0.15, 0.2) is 5.65 Å². The second-order valence-corrected chi connectivity index (χ2v) is 9.25. The van der Waals surface area contributed by atoms with Crippen LogP contribution in [-0.2, 0) is 14.1 Å². The zero-order valence-corrected chi connectivity index (χ0v) is 19.4. The lowest BCUT2D eigenvalue weighted by molar-refractivity contribution is 0.175. The number of rotatable bonds is 4. The van der Waals surface area contributed by atoms with Crippen LogP contribution in [0, 0.1) is 0 Å². The standard InChI is InChI=1S/C25H30N8/c1-30-23(18-9-5-3-6-10-18)20(15-28-30)22-21-24(31(2)29-22)26-17-27-25(21)33-14-11-19(16-33)32-12-7-4-8-13-32/h3,5-6,9-10,15,17,19H,4,7-8,11-14,16H2,1-2H3. The quantitative estimate of drug-likeness (QED) is 0.482. The van der Waals surface area contributed by atoms with Gasteiger partial charge in [-0.3, -0.25) is 9.58 Å². The van der Waals surface area contributed by atoms with Crippen molar-refractivity contribution in [1.29, 1.82) is 0 Å². The summed E-state index contributed by atoms with van der Waals surface area (Å²) in [5.41, 5.74) is 4.95. The summed E-state index contributed by atoms with van der Waals surface area (Å²) < 4.78 is 3.80. The van der Waals surface area contributed by atoms with E-state index >= 15 is 0 Å². The molecule has 4 aromatic rings. The monoisotopic (exact) mass is 442 g/mol. The van der Waals surface area contributed by atoms with Crippen LogP contribution in [0.15, 0.2) is 42.9 Å². The summed E-state index contributed by atoms with van der Waals surface area (Å²) in [4.78, 5) is 14.5. The van der Waals surface area contributed by atoms with Crippen LogP contribution in [-0.4, -0.2) is 66.6 Å². The van der Waals surface area contributed by atoms with Gasteiger partial charge in [-0.2, -0.15) is 10.2 Å². The number of fused-ring (bicyclic) bond motifs is 1. The fourth-order valence-electron chi connectivity index (χ4n) is 5.57. The predicted molar refractivity (Wildman–Crippen MR) is 130 cm³/mol. The lowest BCUT2D eigenvalue weighted by Crippen LogP contribution is -2.41.